The van der Waals surface area contributed by atoms with Crippen molar-refractivity contribution in [2.45, 2.75) is 37.9 Å². The fourth-order valence-electron chi connectivity index (χ4n) is 2.78. The molecule has 2 aromatic rings. The lowest BCUT2D eigenvalue weighted by Crippen LogP contribution is -2.43. The lowest BCUT2D eigenvalue weighted by atomic mass is 10.1. The first-order chi connectivity index (χ1) is 12.5. The Morgan fingerprint density at radius 2 is 1.81 bits per heavy atom. The normalized spacial score (nSPS) is 25.5. The lowest BCUT2D eigenvalue weighted by Gasteiger charge is -2.18. The molecule has 3 N–H and O–H groups in total. The van der Waals surface area contributed by atoms with Gasteiger partial charge < -0.3 is 24.8 Å². The molecule has 1 saturated heterocycles. The van der Waals surface area contributed by atoms with Crippen LogP contribution in [-0.2, 0) is 22.8 Å². The Hall–Kier alpha value is -2.30. The molecule has 0 spiro atoms. The Morgan fingerprint density at radius 1 is 1.08 bits per heavy atom. The summed E-state index contributed by atoms with van der Waals surface area (Å²) in [6.45, 7) is -0.568. The molecule has 0 unspecified atom stereocenters. The van der Waals surface area contributed by atoms with Crippen LogP contribution in [0.15, 0.2) is 52.2 Å². The molecule has 1 aliphatic rings. The number of hydrogen-bond acceptors (Lipinski definition) is 7. The van der Waals surface area contributed by atoms with Gasteiger partial charge in [0.25, 0.3) is 5.56 Å². The maximum absolute atomic E-state index is 12.6. The Kier molecular flexibility index (Phi) is 5.64. The molecule has 4 atom stereocenters. The Bertz CT molecular complexity index is 848. The van der Waals surface area contributed by atoms with Gasteiger partial charge in [-0.2, -0.15) is 0 Å². The van der Waals surface area contributed by atoms with E-state index in [4.69, 9.17) is 14.6 Å². The van der Waals surface area contributed by atoms with Crippen molar-refractivity contribution in [1.29, 1.82) is 0 Å². The predicted molar refractivity (Wildman–Crippen MR) is 89.2 cm³/mol. The van der Waals surface area contributed by atoms with Crippen LogP contribution in [0, 0.1) is 0 Å². The third kappa shape index (κ3) is 3.62. The minimum atomic E-state index is -1.42. The van der Waals surface area contributed by atoms with E-state index in [0.717, 1.165) is 20.8 Å². The fraction of sp³-hybridized carbons (Fsp3) is 0.412. The number of ether oxygens (including phenoxy) is 2. The van der Waals surface area contributed by atoms with Crippen molar-refractivity contribution >= 4 is 0 Å². The predicted octanol–water partition coefficient (Wildman–Crippen LogP) is -1.20. The van der Waals surface area contributed by atoms with E-state index in [-0.39, 0.29) is 13.3 Å². The summed E-state index contributed by atoms with van der Waals surface area (Å²) < 4.78 is 12.6. The van der Waals surface area contributed by atoms with Gasteiger partial charge in [0.2, 0.25) is 0 Å². The highest BCUT2D eigenvalue weighted by molar-refractivity contribution is 5.13. The number of aliphatic hydroxyl groups is 3. The van der Waals surface area contributed by atoms with Crippen molar-refractivity contribution in [3.05, 3.63) is 69.0 Å². The summed E-state index contributed by atoms with van der Waals surface area (Å²) in [6.07, 6.45) is -3.81. The molecule has 0 radical (unpaired) electrons. The van der Waals surface area contributed by atoms with Gasteiger partial charge >= 0.3 is 5.69 Å². The SMILES string of the molecule is O=c1ccn([C@@H]2O[C@H](CO)[C@@H](O)[C@H]2O)c(=O)n1COCc1ccccc1. The molecule has 3 rings (SSSR count). The van der Waals surface area contributed by atoms with Crippen LogP contribution in [0.25, 0.3) is 0 Å². The summed E-state index contributed by atoms with van der Waals surface area (Å²) in [4.78, 5) is 24.6. The summed E-state index contributed by atoms with van der Waals surface area (Å²) >= 11 is 0. The highest BCUT2D eigenvalue weighted by Crippen LogP contribution is 2.27. The molecule has 1 aromatic carbocycles. The van der Waals surface area contributed by atoms with Gasteiger partial charge in [-0.15, -0.1) is 0 Å². The van der Waals surface area contributed by atoms with Gasteiger partial charge in [0.1, 0.15) is 25.0 Å². The Labute approximate surface area is 148 Å². The van der Waals surface area contributed by atoms with Crippen molar-refractivity contribution in [3.63, 3.8) is 0 Å². The minimum Gasteiger partial charge on any atom is -0.394 e. The van der Waals surface area contributed by atoms with E-state index < -0.39 is 42.4 Å². The zero-order valence-electron chi connectivity index (χ0n) is 13.8. The van der Waals surface area contributed by atoms with Gasteiger partial charge in [0.05, 0.1) is 13.2 Å². The van der Waals surface area contributed by atoms with Crippen LogP contribution in [0.1, 0.15) is 11.8 Å². The van der Waals surface area contributed by atoms with E-state index in [1.807, 2.05) is 30.3 Å². The van der Waals surface area contributed by atoms with Crippen LogP contribution in [0.5, 0.6) is 0 Å². The summed E-state index contributed by atoms with van der Waals surface area (Å²) in [7, 11) is 0. The number of hydrogen-bond donors (Lipinski definition) is 3. The van der Waals surface area contributed by atoms with Crippen molar-refractivity contribution in [2.75, 3.05) is 6.61 Å². The molecule has 0 saturated carbocycles. The summed E-state index contributed by atoms with van der Waals surface area (Å²) in [5, 5.41) is 29.0. The summed E-state index contributed by atoms with van der Waals surface area (Å²) in [5.41, 5.74) is -0.424. The second-order valence-corrected chi connectivity index (χ2v) is 5.96. The first-order valence-electron chi connectivity index (χ1n) is 8.09. The molecule has 0 aliphatic carbocycles. The molecule has 2 heterocycles. The molecule has 9 nitrogen and oxygen atoms in total. The van der Waals surface area contributed by atoms with E-state index in [0.29, 0.717) is 0 Å². The topological polar surface area (TPSA) is 123 Å². The minimum absolute atomic E-state index is 0.218. The number of benzene rings is 1. The van der Waals surface area contributed by atoms with E-state index >= 15 is 0 Å². The molecular formula is C17H20N2O7. The maximum atomic E-state index is 12.6. The first-order valence-corrected chi connectivity index (χ1v) is 8.09. The van der Waals surface area contributed by atoms with Gasteiger partial charge in [-0.1, -0.05) is 30.3 Å². The van der Waals surface area contributed by atoms with Crippen LogP contribution in [0.4, 0.5) is 0 Å². The number of aliphatic hydroxyl groups excluding tert-OH is 3. The van der Waals surface area contributed by atoms with E-state index in [1.54, 1.807) is 0 Å². The number of rotatable bonds is 6. The number of aromatic nitrogens is 2. The zero-order chi connectivity index (χ0) is 18.7. The highest BCUT2D eigenvalue weighted by atomic mass is 16.6. The molecule has 140 valence electrons. The third-order valence-corrected chi connectivity index (χ3v) is 4.22. The van der Waals surface area contributed by atoms with Gasteiger partial charge in [-0.25, -0.2) is 9.36 Å². The van der Waals surface area contributed by atoms with Crippen LogP contribution < -0.4 is 11.2 Å². The van der Waals surface area contributed by atoms with Crippen molar-refractivity contribution < 1.29 is 24.8 Å². The maximum Gasteiger partial charge on any atom is 0.335 e. The molecule has 0 amide bonds. The third-order valence-electron chi connectivity index (χ3n) is 4.22. The largest absolute Gasteiger partial charge is 0.394 e. The van der Waals surface area contributed by atoms with Crippen LogP contribution in [0.2, 0.25) is 0 Å². The number of nitrogens with zero attached hydrogens (tertiary/aromatic N) is 2. The summed E-state index contributed by atoms with van der Waals surface area (Å²) in [6, 6.07) is 10.4. The average Bonchev–Trinajstić information content (AvgIpc) is 2.93. The van der Waals surface area contributed by atoms with Gasteiger partial charge in [-0.3, -0.25) is 9.36 Å². The quantitative estimate of drug-likeness (QED) is 0.588. The second kappa shape index (κ2) is 7.94. The highest BCUT2D eigenvalue weighted by Gasteiger charge is 2.43. The molecule has 1 fully saturated rings. The van der Waals surface area contributed by atoms with Crippen molar-refractivity contribution in [2.24, 2.45) is 0 Å². The standard InChI is InChI=1S/C17H20N2O7/c20-8-12-14(22)15(23)16(26-12)18-7-6-13(21)19(17(18)24)10-25-9-11-4-2-1-3-5-11/h1-7,12,14-16,20,22-23H,8-10H2/t12-,14-,15-,16-/m1/s1. The van der Waals surface area contributed by atoms with Crippen LogP contribution in [0.3, 0.4) is 0 Å². The molecule has 9 heteroatoms. The fourth-order valence-corrected chi connectivity index (χ4v) is 2.78. The first kappa shape index (κ1) is 18.5. The average molecular weight is 364 g/mol. The van der Waals surface area contributed by atoms with E-state index in [1.165, 1.54) is 6.20 Å². The Morgan fingerprint density at radius 3 is 2.46 bits per heavy atom. The van der Waals surface area contributed by atoms with Crippen molar-refractivity contribution in [3.8, 4) is 0 Å². The van der Waals surface area contributed by atoms with Gasteiger partial charge in [0, 0.05) is 12.3 Å². The lowest BCUT2D eigenvalue weighted by molar-refractivity contribution is -0.0566. The monoisotopic (exact) mass is 364 g/mol. The molecule has 1 aliphatic heterocycles. The van der Waals surface area contributed by atoms with Crippen LogP contribution >= 0.6 is 0 Å². The Balaban J connectivity index is 1.79. The molecule has 26 heavy (non-hydrogen) atoms. The van der Waals surface area contributed by atoms with Gasteiger partial charge in [0.15, 0.2) is 6.23 Å². The van der Waals surface area contributed by atoms with Crippen molar-refractivity contribution in [1.82, 2.24) is 9.13 Å². The zero-order valence-corrected chi connectivity index (χ0v) is 13.8. The summed E-state index contributed by atoms with van der Waals surface area (Å²) in [5.74, 6) is 0. The van der Waals surface area contributed by atoms with Crippen LogP contribution in [-0.4, -0.2) is 49.4 Å². The molecule has 1 aromatic heterocycles. The van der Waals surface area contributed by atoms with Gasteiger partial charge in [-0.05, 0) is 5.56 Å². The molecule has 0 bridgehead atoms. The van der Waals surface area contributed by atoms with E-state index in [2.05, 4.69) is 0 Å². The smallest absolute Gasteiger partial charge is 0.335 e. The molecular weight excluding hydrogens is 344 g/mol. The van der Waals surface area contributed by atoms with E-state index in [9.17, 15) is 19.8 Å². The second-order valence-electron chi connectivity index (χ2n) is 5.96.